The van der Waals surface area contributed by atoms with E-state index in [1.165, 1.54) is 0 Å². The van der Waals surface area contributed by atoms with E-state index in [1.807, 2.05) is 20.8 Å². The van der Waals surface area contributed by atoms with E-state index in [-0.39, 0.29) is 6.09 Å². The second-order valence-corrected chi connectivity index (χ2v) is 4.76. The van der Waals surface area contributed by atoms with Crippen LogP contribution in [-0.2, 0) is 11.3 Å². The molecule has 19 heavy (non-hydrogen) atoms. The lowest BCUT2D eigenvalue weighted by Crippen LogP contribution is -2.48. The number of aryl methyl sites for hydroxylation is 2. The number of piperazine rings is 1. The summed E-state index contributed by atoms with van der Waals surface area (Å²) in [7, 11) is 0. The fraction of sp³-hybridized carbons (Fsp3) is 0.692. The number of hydrogen-bond acceptors (Lipinski definition) is 5. The normalized spacial score (nSPS) is 16.7. The molecule has 1 aliphatic rings. The van der Waals surface area contributed by atoms with Crippen molar-refractivity contribution in [2.24, 2.45) is 0 Å². The standard InChI is InChI=1S/C13H21N3O3/c1-4-18-13(17)16-7-5-15(6-8-16)9-12-10(2)14-19-11(12)3/h4-9H2,1-3H3. The number of carbonyl (C=O) groups excluding carboxylic acids is 1. The smallest absolute Gasteiger partial charge is 0.409 e. The van der Waals surface area contributed by atoms with Crippen LogP contribution in [0.3, 0.4) is 0 Å². The zero-order chi connectivity index (χ0) is 13.8. The summed E-state index contributed by atoms with van der Waals surface area (Å²) in [4.78, 5) is 15.7. The maximum atomic E-state index is 11.6. The molecular weight excluding hydrogens is 246 g/mol. The Balaban J connectivity index is 1.85. The van der Waals surface area contributed by atoms with Crippen LogP contribution in [0.15, 0.2) is 4.52 Å². The van der Waals surface area contributed by atoms with Crippen LogP contribution in [0.4, 0.5) is 4.79 Å². The van der Waals surface area contributed by atoms with Crippen molar-refractivity contribution >= 4 is 6.09 Å². The molecule has 1 aliphatic heterocycles. The second kappa shape index (κ2) is 6.06. The van der Waals surface area contributed by atoms with Crippen molar-refractivity contribution in [1.82, 2.24) is 15.0 Å². The second-order valence-electron chi connectivity index (χ2n) is 4.76. The molecule has 6 nitrogen and oxygen atoms in total. The Hall–Kier alpha value is -1.56. The van der Waals surface area contributed by atoms with Gasteiger partial charge in [0.1, 0.15) is 5.76 Å². The van der Waals surface area contributed by atoms with Crippen LogP contribution in [0.2, 0.25) is 0 Å². The fourth-order valence-electron chi connectivity index (χ4n) is 2.25. The Morgan fingerprint density at radius 1 is 1.32 bits per heavy atom. The van der Waals surface area contributed by atoms with Gasteiger partial charge in [0.2, 0.25) is 0 Å². The largest absolute Gasteiger partial charge is 0.450 e. The van der Waals surface area contributed by atoms with Gasteiger partial charge in [0.25, 0.3) is 0 Å². The average molecular weight is 267 g/mol. The first-order valence-corrected chi connectivity index (χ1v) is 6.67. The van der Waals surface area contributed by atoms with E-state index in [1.54, 1.807) is 4.90 Å². The first-order chi connectivity index (χ1) is 9.11. The van der Waals surface area contributed by atoms with Gasteiger partial charge in [-0.1, -0.05) is 5.16 Å². The molecular formula is C13H21N3O3. The number of ether oxygens (including phenoxy) is 1. The molecule has 2 heterocycles. The summed E-state index contributed by atoms with van der Waals surface area (Å²) < 4.78 is 10.2. The molecule has 1 saturated heterocycles. The van der Waals surface area contributed by atoms with E-state index < -0.39 is 0 Å². The zero-order valence-corrected chi connectivity index (χ0v) is 11.8. The third kappa shape index (κ3) is 3.26. The minimum absolute atomic E-state index is 0.209. The summed E-state index contributed by atoms with van der Waals surface area (Å²) in [5, 5.41) is 3.96. The van der Waals surface area contributed by atoms with Crippen molar-refractivity contribution in [2.75, 3.05) is 32.8 Å². The van der Waals surface area contributed by atoms with E-state index >= 15 is 0 Å². The maximum absolute atomic E-state index is 11.6. The Kier molecular flexibility index (Phi) is 4.42. The fourth-order valence-corrected chi connectivity index (χ4v) is 2.25. The Bertz CT molecular complexity index is 417. The lowest BCUT2D eigenvalue weighted by molar-refractivity contribution is 0.0776. The third-order valence-electron chi connectivity index (χ3n) is 3.46. The number of aromatic nitrogens is 1. The molecule has 0 radical (unpaired) electrons. The van der Waals surface area contributed by atoms with Crippen molar-refractivity contribution in [3.63, 3.8) is 0 Å². The van der Waals surface area contributed by atoms with E-state index in [4.69, 9.17) is 9.26 Å². The number of carbonyl (C=O) groups is 1. The minimum Gasteiger partial charge on any atom is -0.450 e. The van der Waals surface area contributed by atoms with Gasteiger partial charge in [-0.25, -0.2) is 4.79 Å². The molecule has 0 N–H and O–H groups in total. The molecule has 1 fully saturated rings. The number of amides is 1. The summed E-state index contributed by atoms with van der Waals surface area (Å²) in [5.41, 5.74) is 2.11. The van der Waals surface area contributed by atoms with Crippen LogP contribution >= 0.6 is 0 Å². The Labute approximate surface area is 113 Å². The quantitative estimate of drug-likeness (QED) is 0.832. The third-order valence-corrected chi connectivity index (χ3v) is 3.46. The molecule has 0 aromatic carbocycles. The summed E-state index contributed by atoms with van der Waals surface area (Å²) in [6, 6.07) is 0. The molecule has 1 amide bonds. The summed E-state index contributed by atoms with van der Waals surface area (Å²) in [6.07, 6.45) is -0.209. The predicted octanol–water partition coefficient (Wildman–Crippen LogP) is 1.57. The van der Waals surface area contributed by atoms with Gasteiger partial charge in [-0.05, 0) is 20.8 Å². The average Bonchev–Trinajstić information content (AvgIpc) is 2.72. The molecule has 6 heteroatoms. The molecule has 0 atom stereocenters. The van der Waals surface area contributed by atoms with Crippen molar-refractivity contribution < 1.29 is 14.1 Å². The van der Waals surface area contributed by atoms with E-state index in [9.17, 15) is 4.79 Å². The van der Waals surface area contributed by atoms with Crippen molar-refractivity contribution in [3.05, 3.63) is 17.0 Å². The van der Waals surface area contributed by atoms with Crippen LogP contribution in [0.5, 0.6) is 0 Å². The SMILES string of the molecule is CCOC(=O)N1CCN(Cc2c(C)noc2C)CC1. The first kappa shape index (κ1) is 13.9. The van der Waals surface area contributed by atoms with Crippen molar-refractivity contribution in [2.45, 2.75) is 27.3 Å². The van der Waals surface area contributed by atoms with Gasteiger partial charge >= 0.3 is 6.09 Å². The number of hydrogen-bond donors (Lipinski definition) is 0. The highest BCUT2D eigenvalue weighted by atomic mass is 16.6. The molecule has 1 aromatic rings. The van der Waals surface area contributed by atoms with Gasteiger partial charge in [0.15, 0.2) is 0 Å². The molecule has 0 saturated carbocycles. The summed E-state index contributed by atoms with van der Waals surface area (Å²) in [5.74, 6) is 0.880. The van der Waals surface area contributed by atoms with Crippen LogP contribution < -0.4 is 0 Å². The predicted molar refractivity (Wildman–Crippen MR) is 69.8 cm³/mol. The lowest BCUT2D eigenvalue weighted by atomic mass is 10.2. The minimum atomic E-state index is -0.209. The Morgan fingerprint density at radius 2 is 2.00 bits per heavy atom. The van der Waals surface area contributed by atoms with Gasteiger partial charge in [-0.3, -0.25) is 4.90 Å². The molecule has 2 rings (SSSR count). The van der Waals surface area contributed by atoms with Crippen LogP contribution in [0.25, 0.3) is 0 Å². The van der Waals surface area contributed by atoms with Crippen LogP contribution in [-0.4, -0.2) is 53.8 Å². The molecule has 0 unspecified atom stereocenters. The molecule has 0 bridgehead atoms. The number of nitrogens with zero attached hydrogens (tertiary/aromatic N) is 3. The summed E-state index contributed by atoms with van der Waals surface area (Å²) in [6.45, 7) is 10.1. The maximum Gasteiger partial charge on any atom is 0.409 e. The van der Waals surface area contributed by atoms with Crippen molar-refractivity contribution in [1.29, 1.82) is 0 Å². The van der Waals surface area contributed by atoms with Gasteiger partial charge in [0.05, 0.1) is 12.3 Å². The molecule has 1 aromatic heterocycles. The highest BCUT2D eigenvalue weighted by Crippen LogP contribution is 2.16. The van der Waals surface area contributed by atoms with Crippen molar-refractivity contribution in [3.8, 4) is 0 Å². The van der Waals surface area contributed by atoms with Crippen LogP contribution in [0.1, 0.15) is 23.9 Å². The van der Waals surface area contributed by atoms with Gasteiger partial charge in [0, 0.05) is 38.3 Å². The van der Waals surface area contributed by atoms with E-state index in [2.05, 4.69) is 10.1 Å². The van der Waals surface area contributed by atoms with Gasteiger partial charge in [-0.15, -0.1) is 0 Å². The zero-order valence-electron chi connectivity index (χ0n) is 11.8. The molecule has 0 spiro atoms. The highest BCUT2D eigenvalue weighted by molar-refractivity contribution is 5.67. The van der Waals surface area contributed by atoms with E-state index in [0.29, 0.717) is 19.7 Å². The van der Waals surface area contributed by atoms with Gasteiger partial charge < -0.3 is 14.2 Å². The monoisotopic (exact) mass is 267 g/mol. The van der Waals surface area contributed by atoms with Gasteiger partial charge in [-0.2, -0.15) is 0 Å². The topological polar surface area (TPSA) is 58.8 Å². The van der Waals surface area contributed by atoms with E-state index in [0.717, 1.165) is 36.7 Å². The number of rotatable bonds is 3. The molecule has 106 valence electrons. The lowest BCUT2D eigenvalue weighted by Gasteiger charge is -2.33. The summed E-state index contributed by atoms with van der Waals surface area (Å²) >= 11 is 0. The molecule has 0 aliphatic carbocycles. The van der Waals surface area contributed by atoms with Crippen LogP contribution in [0, 0.1) is 13.8 Å². The first-order valence-electron chi connectivity index (χ1n) is 6.67. The highest BCUT2D eigenvalue weighted by Gasteiger charge is 2.23. The Morgan fingerprint density at radius 3 is 2.53 bits per heavy atom.